The van der Waals surface area contributed by atoms with Gasteiger partial charge in [-0.15, -0.1) is 0 Å². The molecule has 1 aromatic rings. The van der Waals surface area contributed by atoms with Crippen LogP contribution in [0.1, 0.15) is 5.56 Å². The summed E-state index contributed by atoms with van der Waals surface area (Å²) in [4.78, 5) is 10.2. The number of rotatable bonds is 4. The first kappa shape index (κ1) is 11.1. The molecule has 0 bridgehead atoms. The predicted molar refractivity (Wildman–Crippen MR) is 53.6 cm³/mol. The van der Waals surface area contributed by atoms with Crippen molar-refractivity contribution in [1.82, 2.24) is 0 Å². The second-order valence-corrected chi connectivity index (χ2v) is 2.77. The fraction of sp³-hybridized carbons (Fsp3) is 0.182. The van der Waals surface area contributed by atoms with Crippen LogP contribution in [0.4, 0.5) is 0 Å². The lowest BCUT2D eigenvalue weighted by molar-refractivity contribution is -0.297. The third kappa shape index (κ3) is 3.02. The van der Waals surface area contributed by atoms with Crippen LogP contribution in [0.25, 0.3) is 6.08 Å². The molecule has 15 heavy (non-hydrogen) atoms. The van der Waals surface area contributed by atoms with Gasteiger partial charge in [0.1, 0.15) is 0 Å². The lowest BCUT2D eigenvalue weighted by Crippen LogP contribution is -2.18. The molecule has 4 heteroatoms. The molecule has 0 aliphatic carbocycles. The quantitative estimate of drug-likeness (QED) is 0.673. The minimum atomic E-state index is -1.23. The zero-order valence-electron chi connectivity index (χ0n) is 8.52. The molecule has 0 fully saturated rings. The average molecular weight is 207 g/mol. The Morgan fingerprint density at radius 3 is 2.47 bits per heavy atom. The van der Waals surface area contributed by atoms with Gasteiger partial charge >= 0.3 is 0 Å². The van der Waals surface area contributed by atoms with Crippen LogP contribution in [0.15, 0.2) is 24.3 Å². The first-order valence-corrected chi connectivity index (χ1v) is 4.28. The lowest BCUT2D eigenvalue weighted by atomic mass is 10.2. The Morgan fingerprint density at radius 2 is 1.93 bits per heavy atom. The van der Waals surface area contributed by atoms with Crippen molar-refractivity contribution in [2.24, 2.45) is 0 Å². The molecular formula is C11H11O4-. The summed E-state index contributed by atoms with van der Waals surface area (Å²) in [5.41, 5.74) is 0.705. The number of carboxylic acid groups (broad SMARTS) is 1. The summed E-state index contributed by atoms with van der Waals surface area (Å²) in [6.07, 6.45) is 2.39. The minimum absolute atomic E-state index is 0.554. The Bertz CT molecular complexity index is 382. The van der Waals surface area contributed by atoms with Crippen molar-refractivity contribution in [2.75, 3.05) is 14.2 Å². The maximum Gasteiger partial charge on any atom is 0.161 e. The molecule has 80 valence electrons. The van der Waals surface area contributed by atoms with Crippen LogP contribution in [0.3, 0.4) is 0 Å². The lowest BCUT2D eigenvalue weighted by Gasteiger charge is -2.07. The van der Waals surface area contributed by atoms with Crippen LogP contribution in [0.2, 0.25) is 0 Å². The normalized spacial score (nSPS) is 10.3. The number of benzene rings is 1. The highest BCUT2D eigenvalue weighted by atomic mass is 16.5. The minimum Gasteiger partial charge on any atom is -0.545 e. The van der Waals surface area contributed by atoms with E-state index in [0.717, 1.165) is 6.08 Å². The summed E-state index contributed by atoms with van der Waals surface area (Å²) in [7, 11) is 3.05. The third-order valence-electron chi connectivity index (χ3n) is 1.82. The first-order valence-electron chi connectivity index (χ1n) is 4.28. The SMILES string of the molecule is COc1ccc(/C=C/C(=O)[O-])cc1OC. The highest BCUT2D eigenvalue weighted by Gasteiger charge is 2.02. The second-order valence-electron chi connectivity index (χ2n) is 2.77. The van der Waals surface area contributed by atoms with E-state index in [2.05, 4.69) is 0 Å². The van der Waals surface area contributed by atoms with Gasteiger partial charge in [0.2, 0.25) is 0 Å². The molecule has 0 saturated carbocycles. The van der Waals surface area contributed by atoms with Crippen molar-refractivity contribution < 1.29 is 19.4 Å². The smallest absolute Gasteiger partial charge is 0.161 e. The summed E-state index contributed by atoms with van der Waals surface area (Å²) >= 11 is 0. The Hall–Kier alpha value is -1.97. The Kier molecular flexibility index (Phi) is 3.74. The molecule has 0 aliphatic rings. The van der Waals surface area contributed by atoms with Crippen molar-refractivity contribution in [3.63, 3.8) is 0 Å². The topological polar surface area (TPSA) is 58.6 Å². The molecule has 0 amide bonds. The molecule has 0 saturated heterocycles. The van der Waals surface area contributed by atoms with Crippen LogP contribution >= 0.6 is 0 Å². The first-order chi connectivity index (χ1) is 7.17. The van der Waals surface area contributed by atoms with Gasteiger partial charge in [-0.3, -0.25) is 0 Å². The van der Waals surface area contributed by atoms with Crippen molar-refractivity contribution in [3.8, 4) is 11.5 Å². The maximum absolute atomic E-state index is 10.2. The number of methoxy groups -OCH3 is 2. The van der Waals surface area contributed by atoms with Gasteiger partial charge in [0.25, 0.3) is 0 Å². The molecule has 0 heterocycles. The molecular weight excluding hydrogens is 196 g/mol. The maximum atomic E-state index is 10.2. The van der Waals surface area contributed by atoms with E-state index >= 15 is 0 Å². The monoisotopic (exact) mass is 207 g/mol. The van der Waals surface area contributed by atoms with Gasteiger partial charge in [-0.2, -0.15) is 0 Å². The van der Waals surface area contributed by atoms with Crippen molar-refractivity contribution in [1.29, 1.82) is 0 Å². The van der Waals surface area contributed by atoms with Crippen LogP contribution < -0.4 is 14.6 Å². The van der Waals surface area contributed by atoms with Crippen LogP contribution in [-0.4, -0.2) is 20.2 Å². The molecule has 0 spiro atoms. The van der Waals surface area contributed by atoms with E-state index in [-0.39, 0.29) is 0 Å². The van der Waals surface area contributed by atoms with E-state index < -0.39 is 5.97 Å². The highest BCUT2D eigenvalue weighted by Crippen LogP contribution is 2.27. The predicted octanol–water partition coefficient (Wildman–Crippen LogP) is 0.467. The molecule has 0 atom stereocenters. The highest BCUT2D eigenvalue weighted by molar-refractivity contribution is 5.83. The number of aliphatic carboxylic acids is 1. The van der Waals surface area contributed by atoms with Crippen LogP contribution in [0.5, 0.6) is 11.5 Å². The second kappa shape index (κ2) is 5.05. The van der Waals surface area contributed by atoms with Crippen molar-refractivity contribution in [3.05, 3.63) is 29.8 Å². The van der Waals surface area contributed by atoms with E-state index in [4.69, 9.17) is 9.47 Å². The zero-order valence-corrected chi connectivity index (χ0v) is 8.52. The molecule has 0 radical (unpaired) electrons. The summed E-state index contributed by atoms with van der Waals surface area (Å²) in [5, 5.41) is 10.2. The van der Waals surface area contributed by atoms with E-state index in [1.54, 1.807) is 18.2 Å². The molecule has 0 N–H and O–H groups in total. The van der Waals surface area contributed by atoms with Gasteiger partial charge in [0.15, 0.2) is 11.5 Å². The van der Waals surface area contributed by atoms with Gasteiger partial charge < -0.3 is 19.4 Å². The number of carbonyl (C=O) groups is 1. The fourth-order valence-electron chi connectivity index (χ4n) is 1.12. The molecule has 0 unspecified atom stereocenters. The van der Waals surface area contributed by atoms with Crippen molar-refractivity contribution >= 4 is 12.0 Å². The number of hydrogen-bond acceptors (Lipinski definition) is 4. The summed E-state index contributed by atoms with van der Waals surface area (Å²) in [6, 6.07) is 5.10. The number of hydrogen-bond donors (Lipinski definition) is 0. The standard InChI is InChI=1S/C11H12O4/c1-14-9-5-3-8(4-6-11(12)13)7-10(9)15-2/h3-7H,1-2H3,(H,12,13)/p-1/b6-4+. The average Bonchev–Trinajstić information content (AvgIpc) is 2.25. The summed E-state index contributed by atoms with van der Waals surface area (Å²) in [5.74, 6) is -0.0779. The fourth-order valence-corrected chi connectivity index (χ4v) is 1.12. The number of carbonyl (C=O) groups excluding carboxylic acids is 1. The Labute approximate surface area is 87.7 Å². The Balaban J connectivity index is 2.97. The third-order valence-corrected chi connectivity index (χ3v) is 1.82. The van der Waals surface area contributed by atoms with Gasteiger partial charge in [-0.1, -0.05) is 12.1 Å². The Morgan fingerprint density at radius 1 is 1.27 bits per heavy atom. The molecule has 1 aromatic carbocycles. The van der Waals surface area contributed by atoms with Crippen LogP contribution in [-0.2, 0) is 4.79 Å². The van der Waals surface area contributed by atoms with Gasteiger partial charge in [-0.05, 0) is 23.8 Å². The van der Waals surface area contributed by atoms with Gasteiger partial charge in [0.05, 0.1) is 20.2 Å². The van der Waals surface area contributed by atoms with Gasteiger partial charge in [0, 0.05) is 0 Å². The summed E-state index contributed by atoms with van der Waals surface area (Å²) < 4.78 is 10.1. The zero-order chi connectivity index (χ0) is 11.3. The van der Waals surface area contributed by atoms with E-state index in [1.165, 1.54) is 20.3 Å². The summed E-state index contributed by atoms with van der Waals surface area (Å²) in [6.45, 7) is 0. The van der Waals surface area contributed by atoms with E-state index in [9.17, 15) is 9.90 Å². The van der Waals surface area contributed by atoms with E-state index in [1.807, 2.05) is 0 Å². The van der Waals surface area contributed by atoms with Gasteiger partial charge in [-0.25, -0.2) is 0 Å². The number of ether oxygens (including phenoxy) is 2. The molecule has 0 aromatic heterocycles. The molecule has 1 rings (SSSR count). The van der Waals surface area contributed by atoms with E-state index in [0.29, 0.717) is 17.1 Å². The molecule has 0 aliphatic heterocycles. The number of carboxylic acids is 1. The largest absolute Gasteiger partial charge is 0.545 e. The molecule has 4 nitrogen and oxygen atoms in total. The van der Waals surface area contributed by atoms with Crippen molar-refractivity contribution in [2.45, 2.75) is 0 Å². The van der Waals surface area contributed by atoms with Crippen LogP contribution in [0, 0.1) is 0 Å².